The van der Waals surface area contributed by atoms with E-state index in [0.29, 0.717) is 5.15 Å². The van der Waals surface area contributed by atoms with Crippen LogP contribution in [0.4, 0.5) is 5.82 Å². The minimum absolute atomic E-state index is 0.564. The van der Waals surface area contributed by atoms with Gasteiger partial charge in [-0.3, -0.25) is 0 Å². The second kappa shape index (κ2) is 9.11. The largest absolute Gasteiger partial charge is 0.385 e. The molecule has 1 rings (SSSR count). The molecule has 0 spiro atoms. The number of nitrogens with zero attached hydrogens (tertiary/aromatic N) is 2. The van der Waals surface area contributed by atoms with Crippen LogP contribution in [0.5, 0.6) is 0 Å². The molecular formula is C13H22ClN3O. The molecule has 0 atom stereocenters. The van der Waals surface area contributed by atoms with Crippen molar-refractivity contribution in [3.05, 3.63) is 17.0 Å². The van der Waals surface area contributed by atoms with E-state index in [1.807, 2.05) is 0 Å². The van der Waals surface area contributed by atoms with Gasteiger partial charge < -0.3 is 10.1 Å². The lowest BCUT2D eigenvalue weighted by Crippen LogP contribution is -2.07. The monoisotopic (exact) mass is 271 g/mol. The van der Waals surface area contributed by atoms with Crippen LogP contribution in [0.15, 0.2) is 6.33 Å². The highest BCUT2D eigenvalue weighted by Crippen LogP contribution is 2.21. The molecule has 5 heteroatoms. The number of nitrogens with one attached hydrogen (secondary N) is 1. The molecule has 0 unspecified atom stereocenters. The van der Waals surface area contributed by atoms with E-state index in [0.717, 1.165) is 56.6 Å². The first-order chi connectivity index (χ1) is 8.79. The molecule has 1 N–H and O–H groups in total. The average molecular weight is 272 g/mol. The first kappa shape index (κ1) is 15.2. The number of hydrogen-bond donors (Lipinski definition) is 1. The van der Waals surface area contributed by atoms with Crippen molar-refractivity contribution in [2.24, 2.45) is 0 Å². The van der Waals surface area contributed by atoms with Gasteiger partial charge in [0.1, 0.15) is 17.3 Å². The van der Waals surface area contributed by atoms with Crippen LogP contribution >= 0.6 is 11.6 Å². The molecule has 0 amide bonds. The summed E-state index contributed by atoms with van der Waals surface area (Å²) in [6, 6.07) is 0. The highest BCUT2D eigenvalue weighted by Gasteiger charge is 2.08. The molecule has 1 aromatic heterocycles. The van der Waals surface area contributed by atoms with E-state index in [4.69, 9.17) is 16.3 Å². The van der Waals surface area contributed by atoms with Crippen LogP contribution in [0.2, 0.25) is 5.15 Å². The molecule has 0 bridgehead atoms. The van der Waals surface area contributed by atoms with Crippen molar-refractivity contribution < 1.29 is 4.74 Å². The summed E-state index contributed by atoms with van der Waals surface area (Å²) in [5.41, 5.74) is 1.03. The molecule has 0 radical (unpaired) electrons. The Labute approximate surface area is 114 Å². The van der Waals surface area contributed by atoms with Crippen molar-refractivity contribution in [2.75, 3.05) is 25.6 Å². The third-order valence-corrected chi connectivity index (χ3v) is 3.04. The van der Waals surface area contributed by atoms with Crippen molar-refractivity contribution in [2.45, 2.75) is 39.0 Å². The average Bonchev–Trinajstić information content (AvgIpc) is 2.37. The molecular weight excluding hydrogens is 250 g/mol. The first-order valence-corrected chi connectivity index (χ1v) is 6.89. The Morgan fingerprint density at radius 3 is 2.83 bits per heavy atom. The number of methoxy groups -OCH3 is 1. The predicted octanol–water partition coefficient (Wildman–Crippen LogP) is 3.31. The SMILES string of the molecule is CCCc1c(Cl)ncnc1NCCCCCOC. The van der Waals surface area contributed by atoms with Crippen LogP contribution in [-0.2, 0) is 11.2 Å². The number of hydrogen-bond acceptors (Lipinski definition) is 4. The molecule has 18 heavy (non-hydrogen) atoms. The molecule has 4 nitrogen and oxygen atoms in total. The normalized spacial score (nSPS) is 10.6. The lowest BCUT2D eigenvalue weighted by molar-refractivity contribution is 0.192. The topological polar surface area (TPSA) is 47.0 Å². The van der Waals surface area contributed by atoms with E-state index in [2.05, 4.69) is 22.2 Å². The summed E-state index contributed by atoms with van der Waals surface area (Å²) in [7, 11) is 1.73. The molecule has 0 aliphatic carbocycles. The van der Waals surface area contributed by atoms with Crippen molar-refractivity contribution in [1.82, 2.24) is 9.97 Å². The Bertz CT molecular complexity index is 347. The van der Waals surface area contributed by atoms with Crippen molar-refractivity contribution in [3.63, 3.8) is 0 Å². The third-order valence-electron chi connectivity index (χ3n) is 2.71. The molecule has 0 aliphatic rings. The van der Waals surface area contributed by atoms with Crippen LogP contribution in [0.1, 0.15) is 38.2 Å². The first-order valence-electron chi connectivity index (χ1n) is 6.51. The number of aromatic nitrogens is 2. The third kappa shape index (κ3) is 5.19. The van der Waals surface area contributed by atoms with Gasteiger partial charge in [-0.15, -0.1) is 0 Å². The van der Waals surface area contributed by atoms with Crippen LogP contribution in [0.3, 0.4) is 0 Å². The minimum atomic E-state index is 0.564. The van der Waals surface area contributed by atoms with E-state index < -0.39 is 0 Å². The van der Waals surface area contributed by atoms with E-state index >= 15 is 0 Å². The summed E-state index contributed by atoms with van der Waals surface area (Å²) in [6.07, 6.45) is 6.82. The van der Waals surface area contributed by atoms with Crippen LogP contribution < -0.4 is 5.32 Å². The Morgan fingerprint density at radius 1 is 1.28 bits per heavy atom. The summed E-state index contributed by atoms with van der Waals surface area (Å²) in [6.45, 7) is 3.87. The summed E-state index contributed by atoms with van der Waals surface area (Å²) in [4.78, 5) is 8.29. The molecule has 0 saturated carbocycles. The summed E-state index contributed by atoms with van der Waals surface area (Å²) < 4.78 is 5.01. The van der Waals surface area contributed by atoms with Gasteiger partial charge in [-0.25, -0.2) is 9.97 Å². The van der Waals surface area contributed by atoms with E-state index in [-0.39, 0.29) is 0 Å². The van der Waals surface area contributed by atoms with Crippen LogP contribution in [0.25, 0.3) is 0 Å². The maximum Gasteiger partial charge on any atom is 0.137 e. The molecule has 0 fully saturated rings. The zero-order valence-corrected chi connectivity index (χ0v) is 12.0. The number of anilines is 1. The van der Waals surface area contributed by atoms with Gasteiger partial charge in [0.05, 0.1) is 0 Å². The maximum absolute atomic E-state index is 6.08. The number of ether oxygens (including phenoxy) is 1. The molecule has 0 saturated heterocycles. The fraction of sp³-hybridized carbons (Fsp3) is 0.692. The Balaban J connectivity index is 2.39. The fourth-order valence-corrected chi connectivity index (χ4v) is 2.00. The quantitative estimate of drug-likeness (QED) is 0.553. The van der Waals surface area contributed by atoms with E-state index in [1.165, 1.54) is 6.33 Å². The van der Waals surface area contributed by atoms with Crippen molar-refractivity contribution >= 4 is 17.4 Å². The maximum atomic E-state index is 6.08. The van der Waals surface area contributed by atoms with Gasteiger partial charge in [0.15, 0.2) is 0 Å². The minimum Gasteiger partial charge on any atom is -0.385 e. The van der Waals surface area contributed by atoms with E-state index in [9.17, 15) is 0 Å². The summed E-state index contributed by atoms with van der Waals surface area (Å²) in [5, 5.41) is 3.90. The molecule has 0 aliphatic heterocycles. The summed E-state index contributed by atoms with van der Waals surface area (Å²) >= 11 is 6.08. The number of halogens is 1. The summed E-state index contributed by atoms with van der Waals surface area (Å²) in [5.74, 6) is 0.878. The van der Waals surface area contributed by atoms with Gasteiger partial charge in [-0.1, -0.05) is 24.9 Å². The molecule has 0 aromatic carbocycles. The van der Waals surface area contributed by atoms with Crippen LogP contribution in [-0.4, -0.2) is 30.2 Å². The zero-order chi connectivity index (χ0) is 13.2. The lowest BCUT2D eigenvalue weighted by Gasteiger charge is -2.11. The second-order valence-corrected chi connectivity index (χ2v) is 4.58. The van der Waals surface area contributed by atoms with Gasteiger partial charge in [-0.05, 0) is 25.7 Å². The molecule has 1 heterocycles. The smallest absolute Gasteiger partial charge is 0.137 e. The van der Waals surface area contributed by atoms with Gasteiger partial charge in [0, 0.05) is 25.8 Å². The van der Waals surface area contributed by atoms with Gasteiger partial charge >= 0.3 is 0 Å². The number of rotatable bonds is 9. The van der Waals surface area contributed by atoms with Gasteiger partial charge in [0.2, 0.25) is 0 Å². The predicted molar refractivity (Wildman–Crippen MR) is 75.3 cm³/mol. The highest BCUT2D eigenvalue weighted by atomic mass is 35.5. The highest BCUT2D eigenvalue weighted by molar-refractivity contribution is 6.30. The number of unbranched alkanes of at least 4 members (excludes halogenated alkanes) is 2. The van der Waals surface area contributed by atoms with Crippen LogP contribution in [0, 0.1) is 0 Å². The Morgan fingerprint density at radius 2 is 2.11 bits per heavy atom. The Kier molecular flexibility index (Phi) is 7.69. The zero-order valence-electron chi connectivity index (χ0n) is 11.2. The fourth-order valence-electron chi connectivity index (χ4n) is 1.77. The standard InChI is InChI=1S/C13H22ClN3O/c1-3-7-11-12(14)16-10-17-13(11)15-8-5-4-6-9-18-2/h10H,3-9H2,1-2H3,(H,15,16,17). The lowest BCUT2D eigenvalue weighted by atomic mass is 10.2. The van der Waals surface area contributed by atoms with Gasteiger partial charge in [0.25, 0.3) is 0 Å². The molecule has 1 aromatic rings. The van der Waals surface area contributed by atoms with E-state index in [1.54, 1.807) is 7.11 Å². The van der Waals surface area contributed by atoms with Crippen molar-refractivity contribution in [3.8, 4) is 0 Å². The van der Waals surface area contributed by atoms with Gasteiger partial charge in [-0.2, -0.15) is 0 Å². The molecule has 102 valence electrons. The Hall–Kier alpha value is -0.870. The second-order valence-electron chi connectivity index (χ2n) is 4.22. The van der Waals surface area contributed by atoms with Crippen molar-refractivity contribution in [1.29, 1.82) is 0 Å².